The molecule has 0 unspecified atom stereocenters. The van der Waals surface area contributed by atoms with E-state index in [4.69, 9.17) is 30.4 Å². The van der Waals surface area contributed by atoms with E-state index in [0.29, 0.717) is 36.1 Å². The number of esters is 1. The third-order valence-electron chi connectivity index (χ3n) is 6.94. The van der Waals surface area contributed by atoms with Gasteiger partial charge in [0.15, 0.2) is 18.2 Å². The Morgan fingerprint density at radius 2 is 1.85 bits per heavy atom. The number of aryl methyl sites for hydroxylation is 2. The Bertz CT molecular complexity index is 1700. The molecule has 0 amide bonds. The van der Waals surface area contributed by atoms with Gasteiger partial charge in [0.2, 0.25) is 0 Å². The highest BCUT2D eigenvalue weighted by Gasteiger charge is 2.21. The third kappa shape index (κ3) is 5.56. The number of hydrogen-bond acceptors (Lipinski definition) is 10. The first kappa shape index (κ1) is 27.0. The van der Waals surface area contributed by atoms with E-state index in [0.717, 1.165) is 35.9 Å². The average Bonchev–Trinajstić information content (AvgIpc) is 3.74. The van der Waals surface area contributed by atoms with E-state index in [2.05, 4.69) is 47.8 Å². The molecule has 12 nitrogen and oxygen atoms in total. The smallest absolute Gasteiger partial charge is 0.325 e. The molecule has 1 aromatic carbocycles. The lowest BCUT2D eigenvalue weighted by atomic mass is 10.1. The van der Waals surface area contributed by atoms with Gasteiger partial charge in [-0.05, 0) is 32.0 Å². The number of anilines is 1. The Kier molecular flexibility index (Phi) is 7.47. The van der Waals surface area contributed by atoms with Crippen molar-refractivity contribution in [2.24, 2.45) is 5.73 Å². The predicted molar refractivity (Wildman–Crippen MR) is 157 cm³/mol. The van der Waals surface area contributed by atoms with E-state index < -0.39 is 12.0 Å². The molecule has 1 aliphatic rings. The summed E-state index contributed by atoms with van der Waals surface area (Å²) in [5, 5.41) is 14.3. The van der Waals surface area contributed by atoms with Crippen LogP contribution in [0, 0.1) is 13.8 Å². The van der Waals surface area contributed by atoms with Gasteiger partial charge >= 0.3 is 5.97 Å². The molecule has 1 saturated heterocycles. The second-order valence-corrected chi connectivity index (χ2v) is 10.3. The minimum absolute atomic E-state index is 0.0521. The van der Waals surface area contributed by atoms with Gasteiger partial charge in [-0.2, -0.15) is 32.4 Å². The molecular formula is C28H31N9O3S. The quantitative estimate of drug-likeness (QED) is 0.213. The van der Waals surface area contributed by atoms with Gasteiger partial charge in [-0.15, -0.1) is 0 Å². The van der Waals surface area contributed by atoms with Crippen LogP contribution in [0.5, 0.6) is 0 Å². The molecule has 0 spiro atoms. The number of carbonyl (C=O) groups is 1. The monoisotopic (exact) mass is 573 g/mol. The summed E-state index contributed by atoms with van der Waals surface area (Å²) in [5.41, 5.74) is 11.6. The van der Waals surface area contributed by atoms with Gasteiger partial charge in [0.25, 0.3) is 0 Å². The number of fused-ring (bicyclic) bond motifs is 1. The van der Waals surface area contributed by atoms with Gasteiger partial charge in [0.1, 0.15) is 23.2 Å². The number of hydrogen-bond donors (Lipinski definition) is 2. The highest BCUT2D eigenvalue weighted by molar-refractivity contribution is 7.80. The van der Waals surface area contributed by atoms with Gasteiger partial charge in [0.05, 0.1) is 18.9 Å². The van der Waals surface area contributed by atoms with E-state index in [-0.39, 0.29) is 12.5 Å². The largest absolute Gasteiger partial charge is 0.441 e. The van der Waals surface area contributed by atoms with Crippen LogP contribution in [0.3, 0.4) is 0 Å². The lowest BCUT2D eigenvalue weighted by Gasteiger charge is -2.29. The molecule has 0 saturated carbocycles. The third-order valence-corrected chi connectivity index (χ3v) is 7.33. The molecule has 0 aliphatic carbocycles. The number of morpholine rings is 1. The first-order valence-electron chi connectivity index (χ1n) is 13.3. The van der Waals surface area contributed by atoms with Crippen molar-refractivity contribution in [3.63, 3.8) is 0 Å². The summed E-state index contributed by atoms with van der Waals surface area (Å²) in [6, 6.07) is 15.3. The van der Waals surface area contributed by atoms with Crippen LogP contribution in [0.15, 0.2) is 54.7 Å². The second-order valence-electron chi connectivity index (χ2n) is 9.94. The zero-order valence-corrected chi connectivity index (χ0v) is 23.7. The maximum Gasteiger partial charge on any atom is 0.325 e. The number of aromatic nitrogens is 7. The predicted octanol–water partition coefficient (Wildman–Crippen LogP) is 2.66. The zero-order chi connectivity index (χ0) is 28.5. The van der Waals surface area contributed by atoms with Crippen LogP contribution in [0.25, 0.3) is 34.1 Å². The molecule has 41 heavy (non-hydrogen) atoms. The summed E-state index contributed by atoms with van der Waals surface area (Å²) in [5.74, 6) is 1.24. The summed E-state index contributed by atoms with van der Waals surface area (Å²) in [7, 11) is 0. The number of benzene rings is 1. The van der Waals surface area contributed by atoms with Crippen molar-refractivity contribution >= 4 is 30.1 Å². The number of nitrogens with zero attached hydrogens (tertiary/aromatic N) is 8. The molecule has 6 rings (SSSR count). The number of rotatable bonds is 8. The normalized spacial score (nSPS) is 14.5. The van der Waals surface area contributed by atoms with Gasteiger partial charge in [-0.3, -0.25) is 4.79 Å². The Morgan fingerprint density at radius 1 is 1.05 bits per heavy atom. The fourth-order valence-corrected chi connectivity index (χ4v) is 4.84. The van der Waals surface area contributed by atoms with Crippen molar-refractivity contribution in [3.8, 4) is 28.5 Å². The molecule has 5 heterocycles. The minimum Gasteiger partial charge on any atom is -0.441 e. The summed E-state index contributed by atoms with van der Waals surface area (Å²) >= 11 is 4.05. The molecule has 212 valence electrons. The molecule has 1 aliphatic heterocycles. The molecule has 1 fully saturated rings. The van der Waals surface area contributed by atoms with E-state index in [1.165, 1.54) is 5.56 Å². The van der Waals surface area contributed by atoms with E-state index in [9.17, 15) is 4.79 Å². The van der Waals surface area contributed by atoms with Crippen LogP contribution < -0.4 is 10.6 Å². The van der Waals surface area contributed by atoms with Gasteiger partial charge < -0.3 is 20.1 Å². The topological polar surface area (TPSA) is 131 Å². The summed E-state index contributed by atoms with van der Waals surface area (Å²) in [6.07, 6.45) is 1.92. The van der Waals surface area contributed by atoms with Crippen LogP contribution >= 0.6 is 12.6 Å². The first-order valence-corrected chi connectivity index (χ1v) is 14.0. The molecular weight excluding hydrogens is 542 g/mol. The highest BCUT2D eigenvalue weighted by atomic mass is 32.1. The van der Waals surface area contributed by atoms with Crippen LogP contribution in [0.1, 0.15) is 11.3 Å². The molecule has 0 bridgehead atoms. The molecule has 4 aromatic heterocycles. The summed E-state index contributed by atoms with van der Waals surface area (Å²) < 4.78 is 16.1. The minimum atomic E-state index is -0.784. The summed E-state index contributed by atoms with van der Waals surface area (Å²) in [4.78, 5) is 19.1. The van der Waals surface area contributed by atoms with Crippen molar-refractivity contribution < 1.29 is 14.3 Å². The zero-order valence-electron chi connectivity index (χ0n) is 22.8. The van der Waals surface area contributed by atoms with E-state index >= 15 is 0 Å². The second kappa shape index (κ2) is 11.4. The van der Waals surface area contributed by atoms with Gasteiger partial charge in [0, 0.05) is 48.4 Å². The van der Waals surface area contributed by atoms with Crippen molar-refractivity contribution in [1.82, 2.24) is 34.2 Å². The Balaban J connectivity index is 1.36. The van der Waals surface area contributed by atoms with Crippen molar-refractivity contribution in [2.75, 3.05) is 37.0 Å². The maximum atomic E-state index is 12.0. The van der Waals surface area contributed by atoms with E-state index in [1.54, 1.807) is 9.36 Å². The summed E-state index contributed by atoms with van der Waals surface area (Å²) in [6.45, 7) is 6.63. The molecule has 5 aromatic rings. The lowest BCUT2D eigenvalue weighted by Crippen LogP contribution is -2.37. The van der Waals surface area contributed by atoms with Gasteiger partial charge in [-0.25, -0.2) is 14.3 Å². The molecule has 0 radical (unpaired) electrons. The lowest BCUT2D eigenvalue weighted by molar-refractivity contribution is -0.148. The standard InChI is InChI=1S/C28H31N9O3S/c1-18-4-3-5-20(12-18)22-6-7-35(31-22)25-15-27(34-8-10-39-11-9-34)37-26(30-25)14-24(33-37)23-13-19(2)36(32-23)17-40-28(38)21(29)16-41/h3-7,12-15,21,41H,8-11,16-17,29H2,1-2H3/t21-/m0/s1. The van der Waals surface area contributed by atoms with Crippen LogP contribution in [0.4, 0.5) is 5.82 Å². The molecule has 13 heteroatoms. The van der Waals surface area contributed by atoms with Crippen molar-refractivity contribution in [1.29, 1.82) is 0 Å². The number of carbonyl (C=O) groups excluding carboxylic acids is 1. The highest BCUT2D eigenvalue weighted by Crippen LogP contribution is 2.26. The Morgan fingerprint density at radius 3 is 2.63 bits per heavy atom. The fourth-order valence-electron chi connectivity index (χ4n) is 4.69. The number of thiol groups is 1. The SMILES string of the molecule is Cc1cccc(-c2ccn(-c3cc(N4CCOCC4)n4nc(-c5cc(C)n(COC(=O)[C@@H](N)CS)n5)cc4n3)n2)c1. The van der Waals surface area contributed by atoms with Crippen molar-refractivity contribution in [2.45, 2.75) is 26.6 Å². The number of nitrogens with two attached hydrogens (primary N) is 1. The van der Waals surface area contributed by atoms with Crippen LogP contribution in [-0.4, -0.2) is 78.2 Å². The van der Waals surface area contributed by atoms with Crippen LogP contribution in [-0.2, 0) is 21.0 Å². The van der Waals surface area contributed by atoms with E-state index in [1.807, 2.05) is 48.0 Å². The Hall–Kier alpha value is -4.20. The Labute approximate surface area is 242 Å². The number of ether oxygens (including phenoxy) is 2. The fraction of sp³-hybridized carbons (Fsp3) is 0.321. The van der Waals surface area contributed by atoms with Crippen LogP contribution in [0.2, 0.25) is 0 Å². The molecule has 2 N–H and O–H groups in total. The average molecular weight is 574 g/mol. The van der Waals surface area contributed by atoms with Gasteiger partial charge in [-0.1, -0.05) is 23.8 Å². The maximum absolute atomic E-state index is 12.0. The van der Waals surface area contributed by atoms with Crippen molar-refractivity contribution in [3.05, 3.63) is 66.0 Å². The first-order chi connectivity index (χ1) is 19.9. The molecule has 1 atom stereocenters.